The molecule has 0 fully saturated rings. The van der Waals surface area contributed by atoms with Crippen molar-refractivity contribution in [3.8, 4) is 0 Å². The number of nitrogens with zero attached hydrogens (tertiary/aromatic N) is 1. The van der Waals surface area contributed by atoms with E-state index in [4.69, 9.17) is 16.3 Å². The van der Waals surface area contributed by atoms with E-state index in [-0.39, 0.29) is 12.0 Å². The summed E-state index contributed by atoms with van der Waals surface area (Å²) in [5, 5.41) is 4.66. The van der Waals surface area contributed by atoms with E-state index in [1.807, 2.05) is 26.8 Å². The van der Waals surface area contributed by atoms with Crippen LogP contribution in [-0.2, 0) is 9.53 Å². The highest BCUT2D eigenvalue weighted by molar-refractivity contribution is 7.99. The fraction of sp³-hybridized carbons (Fsp3) is 0.538. The Morgan fingerprint density at radius 2 is 2.26 bits per heavy atom. The molecule has 1 unspecified atom stereocenters. The highest BCUT2D eigenvalue weighted by Crippen LogP contribution is 2.23. The fourth-order valence-corrected chi connectivity index (χ4v) is 2.73. The molecular formula is C13H19ClN2O2S. The predicted octanol–water partition coefficient (Wildman–Crippen LogP) is 2.76. The van der Waals surface area contributed by atoms with Crippen LogP contribution in [0.1, 0.15) is 20.8 Å². The number of esters is 1. The van der Waals surface area contributed by atoms with E-state index < -0.39 is 5.54 Å². The zero-order valence-electron chi connectivity index (χ0n) is 11.6. The minimum Gasteiger partial charge on any atom is -0.468 e. The summed E-state index contributed by atoms with van der Waals surface area (Å²) in [6, 6.07) is 3.80. The first kappa shape index (κ1) is 16.3. The van der Waals surface area contributed by atoms with Crippen LogP contribution in [0.4, 0.5) is 0 Å². The molecule has 6 heteroatoms. The van der Waals surface area contributed by atoms with E-state index in [0.717, 1.165) is 5.03 Å². The molecular weight excluding hydrogens is 284 g/mol. The number of thioether (sulfide) groups is 1. The van der Waals surface area contributed by atoms with Crippen molar-refractivity contribution in [3.05, 3.63) is 23.4 Å². The average Bonchev–Trinajstić information content (AvgIpc) is 2.36. The van der Waals surface area contributed by atoms with Gasteiger partial charge in [0.15, 0.2) is 0 Å². The summed E-state index contributed by atoms with van der Waals surface area (Å²) in [4.78, 5) is 16.1. The van der Waals surface area contributed by atoms with Crippen molar-refractivity contribution in [2.24, 2.45) is 0 Å². The maximum absolute atomic E-state index is 11.9. The van der Waals surface area contributed by atoms with Gasteiger partial charge in [0, 0.05) is 18.0 Å². The minimum atomic E-state index is -0.741. The van der Waals surface area contributed by atoms with Crippen LogP contribution in [0.3, 0.4) is 0 Å². The number of ether oxygens (including phenoxy) is 1. The number of halogens is 1. The van der Waals surface area contributed by atoms with E-state index in [1.54, 1.807) is 12.3 Å². The number of carbonyl (C=O) groups is 1. The third kappa shape index (κ3) is 5.01. The Morgan fingerprint density at radius 3 is 2.74 bits per heavy atom. The average molecular weight is 303 g/mol. The van der Waals surface area contributed by atoms with E-state index in [2.05, 4.69) is 10.3 Å². The largest absolute Gasteiger partial charge is 0.468 e. The quantitative estimate of drug-likeness (QED) is 0.647. The van der Waals surface area contributed by atoms with Gasteiger partial charge in [-0.1, -0.05) is 11.6 Å². The van der Waals surface area contributed by atoms with Gasteiger partial charge in [-0.2, -0.15) is 0 Å². The van der Waals surface area contributed by atoms with Crippen LogP contribution >= 0.6 is 23.4 Å². The molecule has 1 aromatic rings. The van der Waals surface area contributed by atoms with E-state index in [0.29, 0.717) is 10.8 Å². The summed E-state index contributed by atoms with van der Waals surface area (Å²) in [5.74, 6) is 0.259. The third-order valence-electron chi connectivity index (χ3n) is 2.45. The van der Waals surface area contributed by atoms with E-state index in [1.165, 1.54) is 18.9 Å². The van der Waals surface area contributed by atoms with Gasteiger partial charge in [-0.25, -0.2) is 4.98 Å². The van der Waals surface area contributed by atoms with Crippen LogP contribution in [0, 0.1) is 0 Å². The van der Waals surface area contributed by atoms with Crippen molar-refractivity contribution in [2.75, 3.05) is 12.9 Å². The number of hydrogen-bond donors (Lipinski definition) is 1. The molecule has 4 nitrogen and oxygen atoms in total. The van der Waals surface area contributed by atoms with Crippen molar-refractivity contribution in [2.45, 2.75) is 37.4 Å². The molecule has 0 aliphatic rings. The molecule has 0 radical (unpaired) electrons. The Morgan fingerprint density at radius 1 is 1.58 bits per heavy atom. The van der Waals surface area contributed by atoms with Crippen LogP contribution in [0.5, 0.6) is 0 Å². The Kier molecular flexibility index (Phi) is 6.10. The fourth-order valence-electron chi connectivity index (χ4n) is 1.69. The number of pyridine rings is 1. The van der Waals surface area contributed by atoms with Gasteiger partial charge in [-0.3, -0.25) is 10.1 Å². The van der Waals surface area contributed by atoms with Crippen molar-refractivity contribution in [1.29, 1.82) is 0 Å². The van der Waals surface area contributed by atoms with Crippen molar-refractivity contribution in [3.63, 3.8) is 0 Å². The lowest BCUT2D eigenvalue weighted by Crippen LogP contribution is -2.54. The first-order valence-corrected chi connectivity index (χ1v) is 7.34. The second-order valence-corrected chi connectivity index (χ2v) is 6.16. The Balaban J connectivity index is 2.72. The SMILES string of the molecule is COC(=O)C(C)(CSc1ccc(Cl)cn1)NC(C)C. The summed E-state index contributed by atoms with van der Waals surface area (Å²) in [7, 11) is 1.40. The van der Waals surface area contributed by atoms with Gasteiger partial charge in [0.1, 0.15) is 5.54 Å². The topological polar surface area (TPSA) is 51.2 Å². The number of methoxy groups -OCH3 is 1. The van der Waals surface area contributed by atoms with Crippen molar-refractivity contribution < 1.29 is 9.53 Å². The number of rotatable bonds is 6. The molecule has 0 amide bonds. The molecule has 0 aliphatic carbocycles. The summed E-state index contributed by atoms with van der Waals surface area (Å²) in [6.07, 6.45) is 1.59. The molecule has 0 saturated carbocycles. The molecule has 1 atom stereocenters. The zero-order valence-corrected chi connectivity index (χ0v) is 13.1. The van der Waals surface area contributed by atoms with Crippen molar-refractivity contribution in [1.82, 2.24) is 10.3 Å². The summed E-state index contributed by atoms with van der Waals surface area (Å²) < 4.78 is 4.87. The molecule has 1 heterocycles. The standard InChI is InChI=1S/C13H19ClN2O2S/c1-9(2)16-13(3,12(17)18-4)8-19-11-6-5-10(14)7-15-11/h5-7,9,16H,8H2,1-4H3. The monoisotopic (exact) mass is 302 g/mol. The highest BCUT2D eigenvalue weighted by atomic mass is 35.5. The molecule has 0 aromatic carbocycles. The van der Waals surface area contributed by atoms with Crippen LogP contribution in [0.25, 0.3) is 0 Å². The van der Waals surface area contributed by atoms with Gasteiger partial charge >= 0.3 is 5.97 Å². The van der Waals surface area contributed by atoms with Gasteiger partial charge < -0.3 is 4.74 Å². The summed E-state index contributed by atoms with van der Waals surface area (Å²) >= 11 is 7.27. The molecule has 19 heavy (non-hydrogen) atoms. The first-order chi connectivity index (χ1) is 8.87. The number of aromatic nitrogens is 1. The van der Waals surface area contributed by atoms with Gasteiger partial charge in [-0.15, -0.1) is 11.8 Å². The molecule has 1 aromatic heterocycles. The van der Waals surface area contributed by atoms with Crippen LogP contribution in [-0.4, -0.2) is 35.4 Å². The second kappa shape index (κ2) is 7.12. The van der Waals surface area contributed by atoms with Gasteiger partial charge in [0.05, 0.1) is 17.2 Å². The molecule has 106 valence electrons. The lowest BCUT2D eigenvalue weighted by atomic mass is 10.0. The number of carbonyl (C=O) groups excluding carboxylic acids is 1. The normalized spacial score (nSPS) is 14.2. The van der Waals surface area contributed by atoms with Crippen molar-refractivity contribution >= 4 is 29.3 Å². The summed E-state index contributed by atoms with van der Waals surface area (Å²) in [5.41, 5.74) is -0.741. The second-order valence-electron chi connectivity index (χ2n) is 4.73. The highest BCUT2D eigenvalue weighted by Gasteiger charge is 2.34. The third-order valence-corrected chi connectivity index (χ3v) is 3.93. The van der Waals surface area contributed by atoms with Gasteiger partial charge in [0.25, 0.3) is 0 Å². The molecule has 1 rings (SSSR count). The van der Waals surface area contributed by atoms with Crippen LogP contribution < -0.4 is 5.32 Å². The lowest BCUT2D eigenvalue weighted by molar-refractivity contribution is -0.147. The molecule has 0 bridgehead atoms. The van der Waals surface area contributed by atoms with E-state index >= 15 is 0 Å². The summed E-state index contributed by atoms with van der Waals surface area (Å²) in [6.45, 7) is 5.82. The smallest absolute Gasteiger partial charge is 0.326 e. The van der Waals surface area contributed by atoms with Crippen LogP contribution in [0.2, 0.25) is 5.02 Å². The van der Waals surface area contributed by atoms with Gasteiger partial charge in [0.2, 0.25) is 0 Å². The Hall–Kier alpha value is -0.780. The minimum absolute atomic E-state index is 0.183. The number of hydrogen-bond acceptors (Lipinski definition) is 5. The van der Waals surface area contributed by atoms with Crippen LogP contribution in [0.15, 0.2) is 23.4 Å². The first-order valence-electron chi connectivity index (χ1n) is 5.98. The Bertz CT molecular complexity index is 425. The van der Waals surface area contributed by atoms with E-state index in [9.17, 15) is 4.79 Å². The zero-order chi connectivity index (χ0) is 14.5. The number of nitrogens with one attached hydrogen (secondary N) is 1. The Labute approximate surface area is 123 Å². The lowest BCUT2D eigenvalue weighted by Gasteiger charge is -2.29. The molecule has 0 aliphatic heterocycles. The molecule has 0 spiro atoms. The maximum Gasteiger partial charge on any atom is 0.326 e. The maximum atomic E-state index is 11.9. The predicted molar refractivity (Wildman–Crippen MR) is 78.7 cm³/mol. The molecule has 0 saturated heterocycles. The van der Waals surface area contributed by atoms with Gasteiger partial charge in [-0.05, 0) is 32.9 Å². The molecule has 1 N–H and O–H groups in total.